The number of rotatable bonds is 4. The average molecular weight is 250 g/mol. The van der Waals surface area contributed by atoms with Crippen molar-refractivity contribution >= 4 is 29.0 Å². The van der Waals surface area contributed by atoms with E-state index in [2.05, 4.69) is 18.3 Å². The molecule has 0 bridgehead atoms. The van der Waals surface area contributed by atoms with Crippen LogP contribution in [0.15, 0.2) is 17.0 Å². The van der Waals surface area contributed by atoms with E-state index in [1.165, 1.54) is 18.4 Å². The van der Waals surface area contributed by atoms with Crippen LogP contribution in [-0.2, 0) is 11.2 Å². The monoisotopic (exact) mass is 250 g/mol. The van der Waals surface area contributed by atoms with Gasteiger partial charge in [0.25, 0.3) is 0 Å². The quantitative estimate of drug-likeness (QED) is 0.490. The number of benzene rings is 1. The Morgan fingerprint density at radius 1 is 1.41 bits per heavy atom. The van der Waals surface area contributed by atoms with Gasteiger partial charge < -0.3 is 11.1 Å². The molecule has 0 atom stereocenters. The first-order chi connectivity index (χ1) is 8.20. The number of carbonyl (C=O) groups is 1. The highest BCUT2D eigenvalue weighted by Crippen LogP contribution is 2.33. The Labute approximate surface area is 106 Å². The molecule has 0 aromatic heterocycles. The Balaban J connectivity index is 2.16. The fraction of sp³-hybridized carbons (Fsp3) is 0.462. The predicted octanol–water partition coefficient (Wildman–Crippen LogP) is 3.05. The summed E-state index contributed by atoms with van der Waals surface area (Å²) in [5.74, 6) is 1.19. The Bertz CT molecular complexity index is 432. The number of anilines is 2. The molecule has 92 valence electrons. The zero-order valence-corrected chi connectivity index (χ0v) is 10.9. The van der Waals surface area contributed by atoms with Crippen LogP contribution in [0.3, 0.4) is 0 Å². The van der Waals surface area contributed by atoms with Gasteiger partial charge in [0.1, 0.15) is 0 Å². The van der Waals surface area contributed by atoms with Gasteiger partial charge in [0, 0.05) is 22.7 Å². The van der Waals surface area contributed by atoms with Crippen molar-refractivity contribution in [1.82, 2.24) is 0 Å². The topological polar surface area (TPSA) is 55.1 Å². The van der Waals surface area contributed by atoms with Gasteiger partial charge in [0.05, 0.1) is 0 Å². The molecule has 1 aliphatic heterocycles. The van der Waals surface area contributed by atoms with E-state index in [0.29, 0.717) is 6.42 Å². The molecule has 1 amide bonds. The molecule has 17 heavy (non-hydrogen) atoms. The SMILES string of the molecule is CCCCSc1cc2c(cc1N)NC(=O)CC2. The summed E-state index contributed by atoms with van der Waals surface area (Å²) < 4.78 is 0. The average Bonchev–Trinajstić information content (AvgIpc) is 2.30. The van der Waals surface area contributed by atoms with E-state index in [0.717, 1.165) is 28.4 Å². The lowest BCUT2D eigenvalue weighted by atomic mass is 10.0. The minimum Gasteiger partial charge on any atom is -0.398 e. The normalized spacial score (nSPS) is 14.3. The van der Waals surface area contributed by atoms with Gasteiger partial charge in [0.2, 0.25) is 5.91 Å². The van der Waals surface area contributed by atoms with Gasteiger partial charge in [-0.15, -0.1) is 11.8 Å². The Hall–Kier alpha value is -1.16. The second-order valence-corrected chi connectivity index (χ2v) is 5.43. The zero-order chi connectivity index (χ0) is 12.3. The van der Waals surface area contributed by atoms with Crippen molar-refractivity contribution in [3.8, 4) is 0 Å². The number of hydrogen-bond donors (Lipinski definition) is 2. The molecule has 1 aromatic carbocycles. The van der Waals surface area contributed by atoms with Gasteiger partial charge in [0.15, 0.2) is 0 Å². The molecular weight excluding hydrogens is 232 g/mol. The molecule has 0 saturated carbocycles. The minimum absolute atomic E-state index is 0.0864. The van der Waals surface area contributed by atoms with E-state index < -0.39 is 0 Å². The number of nitrogen functional groups attached to an aromatic ring is 1. The van der Waals surface area contributed by atoms with Crippen molar-refractivity contribution in [3.05, 3.63) is 17.7 Å². The smallest absolute Gasteiger partial charge is 0.224 e. The summed E-state index contributed by atoms with van der Waals surface area (Å²) in [6.45, 7) is 2.19. The Morgan fingerprint density at radius 3 is 3.00 bits per heavy atom. The maximum Gasteiger partial charge on any atom is 0.224 e. The second kappa shape index (κ2) is 5.45. The molecule has 0 saturated heterocycles. The standard InChI is InChI=1S/C13H18N2OS/c1-2-3-6-17-12-7-9-4-5-13(16)15-11(9)8-10(12)14/h7-8H,2-6,14H2,1H3,(H,15,16). The van der Waals surface area contributed by atoms with E-state index in [1.807, 2.05) is 17.8 Å². The van der Waals surface area contributed by atoms with E-state index in [9.17, 15) is 4.79 Å². The third kappa shape index (κ3) is 2.94. The Morgan fingerprint density at radius 2 is 2.24 bits per heavy atom. The van der Waals surface area contributed by atoms with Crippen LogP contribution >= 0.6 is 11.8 Å². The number of amides is 1. The highest BCUT2D eigenvalue weighted by molar-refractivity contribution is 7.99. The van der Waals surface area contributed by atoms with Gasteiger partial charge in [-0.05, 0) is 36.3 Å². The minimum atomic E-state index is 0.0864. The second-order valence-electron chi connectivity index (χ2n) is 4.30. The fourth-order valence-corrected chi connectivity index (χ4v) is 2.98. The van der Waals surface area contributed by atoms with Crippen LogP contribution in [0, 0.1) is 0 Å². The molecule has 1 aromatic rings. The highest BCUT2D eigenvalue weighted by atomic mass is 32.2. The molecule has 0 fully saturated rings. The van der Waals surface area contributed by atoms with E-state index >= 15 is 0 Å². The van der Waals surface area contributed by atoms with Crippen LogP contribution in [0.2, 0.25) is 0 Å². The molecule has 3 N–H and O–H groups in total. The number of thioether (sulfide) groups is 1. The Kier molecular flexibility index (Phi) is 3.94. The lowest BCUT2D eigenvalue weighted by Gasteiger charge is -2.19. The summed E-state index contributed by atoms with van der Waals surface area (Å²) >= 11 is 1.81. The number of nitrogens with two attached hydrogens (primary N) is 1. The fourth-order valence-electron chi connectivity index (χ4n) is 1.87. The number of carbonyl (C=O) groups excluding carboxylic acids is 1. The van der Waals surface area contributed by atoms with E-state index in [4.69, 9.17) is 5.73 Å². The van der Waals surface area contributed by atoms with Crippen molar-refractivity contribution in [2.24, 2.45) is 0 Å². The summed E-state index contributed by atoms with van der Waals surface area (Å²) in [6.07, 6.45) is 3.81. The zero-order valence-electron chi connectivity index (χ0n) is 10.1. The van der Waals surface area contributed by atoms with Crippen molar-refractivity contribution in [2.75, 3.05) is 16.8 Å². The van der Waals surface area contributed by atoms with Crippen LogP contribution in [-0.4, -0.2) is 11.7 Å². The number of aryl methyl sites for hydroxylation is 1. The summed E-state index contributed by atoms with van der Waals surface area (Å²) in [5.41, 5.74) is 8.86. The van der Waals surface area contributed by atoms with Gasteiger partial charge in [-0.2, -0.15) is 0 Å². The van der Waals surface area contributed by atoms with Crippen LogP contribution < -0.4 is 11.1 Å². The van der Waals surface area contributed by atoms with Crippen LogP contribution in [0.25, 0.3) is 0 Å². The summed E-state index contributed by atoms with van der Waals surface area (Å²) in [5, 5.41) is 2.87. The molecule has 1 heterocycles. The first kappa shape index (κ1) is 12.3. The van der Waals surface area contributed by atoms with Gasteiger partial charge in [-0.25, -0.2) is 0 Å². The predicted molar refractivity (Wildman–Crippen MR) is 73.4 cm³/mol. The number of unbranched alkanes of at least 4 members (excludes halogenated alkanes) is 1. The van der Waals surface area contributed by atoms with Gasteiger partial charge in [-0.1, -0.05) is 13.3 Å². The molecule has 0 spiro atoms. The molecule has 0 radical (unpaired) electrons. The maximum absolute atomic E-state index is 11.3. The largest absolute Gasteiger partial charge is 0.398 e. The molecule has 0 unspecified atom stereocenters. The van der Waals surface area contributed by atoms with Gasteiger partial charge >= 0.3 is 0 Å². The summed E-state index contributed by atoms with van der Waals surface area (Å²) in [7, 11) is 0. The lowest BCUT2D eigenvalue weighted by molar-refractivity contribution is -0.116. The number of fused-ring (bicyclic) bond motifs is 1. The molecule has 4 heteroatoms. The third-order valence-electron chi connectivity index (χ3n) is 2.89. The van der Waals surface area contributed by atoms with Crippen LogP contribution in [0.1, 0.15) is 31.7 Å². The summed E-state index contributed by atoms with van der Waals surface area (Å²) in [6, 6.07) is 4.02. The van der Waals surface area contributed by atoms with Crippen molar-refractivity contribution in [3.63, 3.8) is 0 Å². The first-order valence-corrected chi connectivity index (χ1v) is 7.04. The van der Waals surface area contributed by atoms with Crippen molar-refractivity contribution < 1.29 is 4.79 Å². The third-order valence-corrected chi connectivity index (χ3v) is 4.04. The molecule has 1 aliphatic rings. The summed E-state index contributed by atoms with van der Waals surface area (Å²) in [4.78, 5) is 12.4. The van der Waals surface area contributed by atoms with Crippen molar-refractivity contribution in [1.29, 1.82) is 0 Å². The number of nitrogens with one attached hydrogen (secondary N) is 1. The first-order valence-electron chi connectivity index (χ1n) is 6.05. The van der Waals surface area contributed by atoms with Crippen molar-refractivity contribution in [2.45, 2.75) is 37.5 Å². The van der Waals surface area contributed by atoms with Gasteiger partial charge in [-0.3, -0.25) is 4.79 Å². The van der Waals surface area contributed by atoms with E-state index in [-0.39, 0.29) is 5.91 Å². The molecular formula is C13H18N2OS. The maximum atomic E-state index is 11.3. The number of hydrogen-bond acceptors (Lipinski definition) is 3. The van der Waals surface area contributed by atoms with Crippen LogP contribution in [0.5, 0.6) is 0 Å². The highest BCUT2D eigenvalue weighted by Gasteiger charge is 2.16. The molecule has 2 rings (SSSR count). The van der Waals surface area contributed by atoms with Crippen LogP contribution in [0.4, 0.5) is 11.4 Å². The lowest BCUT2D eigenvalue weighted by Crippen LogP contribution is -2.19. The molecule has 3 nitrogen and oxygen atoms in total. The molecule has 0 aliphatic carbocycles. The van der Waals surface area contributed by atoms with E-state index in [1.54, 1.807) is 0 Å².